The molecular formula is C47H71N3O7. The van der Waals surface area contributed by atoms with Gasteiger partial charge in [-0.15, -0.1) is 0 Å². The lowest BCUT2D eigenvalue weighted by Gasteiger charge is -2.72. The molecule has 5 aliphatic rings. The number of carboxylic acids is 1. The van der Waals surface area contributed by atoms with Crippen molar-refractivity contribution in [1.29, 1.82) is 0 Å². The normalized spacial score (nSPS) is 35.2. The number of rotatable bonds is 12. The molecule has 1 aromatic heterocycles. The monoisotopic (exact) mass is 790 g/mol. The van der Waals surface area contributed by atoms with Crippen molar-refractivity contribution in [3.05, 3.63) is 41.2 Å². The number of carboxylic acid groups (broad SMARTS) is 1. The standard InChI is InChI=1S/C47H71N3O7/c1-29(2)39-32(51)24-47(35(52)27-50(37(53)28-49(10)11)26-30-16-22-48-23-17-30)21-20-45(8)31(40(39)47)12-13-34-44(7)18-15-36(57-38(54)25-42(3,4)41(55)56)43(5,6)33(44)14-19-46(34,45)9/h16-17,22-23,29,31,33-36,52H,12-15,18-21,24-28H2,1-11H3,(H,55,56)/t31-,33+,34-,35?,36+,44+,45-,46-,47+/m1/s1. The van der Waals surface area contributed by atoms with Crippen molar-refractivity contribution in [3.8, 4) is 0 Å². The first-order valence-corrected chi connectivity index (χ1v) is 21.6. The van der Waals surface area contributed by atoms with Crippen LogP contribution < -0.4 is 0 Å². The molecule has 1 unspecified atom stereocenters. The highest BCUT2D eigenvalue weighted by Gasteiger charge is 2.71. The van der Waals surface area contributed by atoms with Crippen LogP contribution in [0.4, 0.5) is 0 Å². The predicted octanol–water partition coefficient (Wildman–Crippen LogP) is 7.73. The minimum absolute atomic E-state index is 0.0147. The van der Waals surface area contributed by atoms with Gasteiger partial charge in [0.25, 0.3) is 0 Å². The fourth-order valence-corrected chi connectivity index (χ4v) is 13.6. The number of allylic oxidation sites excluding steroid dienone is 1. The molecule has 4 saturated carbocycles. The number of esters is 1. The third-order valence-electron chi connectivity index (χ3n) is 16.8. The van der Waals surface area contributed by atoms with E-state index in [-0.39, 0.29) is 70.8 Å². The van der Waals surface area contributed by atoms with Crippen LogP contribution in [0.5, 0.6) is 0 Å². The maximum Gasteiger partial charge on any atom is 0.309 e. The summed E-state index contributed by atoms with van der Waals surface area (Å²) in [4.78, 5) is 60.8. The van der Waals surface area contributed by atoms with Gasteiger partial charge in [-0.25, -0.2) is 0 Å². The van der Waals surface area contributed by atoms with Crippen LogP contribution in [-0.4, -0.2) is 88.0 Å². The second-order valence-corrected chi connectivity index (χ2v) is 21.4. The summed E-state index contributed by atoms with van der Waals surface area (Å²) in [7, 11) is 3.76. The van der Waals surface area contributed by atoms with Gasteiger partial charge in [0.05, 0.1) is 24.5 Å². The second-order valence-electron chi connectivity index (χ2n) is 21.4. The number of aromatic nitrogens is 1. The molecule has 57 heavy (non-hydrogen) atoms. The number of Topliss-reactive ketones (excluding diaryl/α,β-unsaturated/α-hetero) is 1. The molecule has 6 rings (SSSR count). The van der Waals surface area contributed by atoms with E-state index >= 15 is 0 Å². The third-order valence-corrected chi connectivity index (χ3v) is 16.8. The van der Waals surface area contributed by atoms with Crippen molar-refractivity contribution >= 4 is 23.6 Å². The molecule has 2 N–H and O–H groups in total. The molecule has 0 radical (unpaired) electrons. The van der Waals surface area contributed by atoms with Gasteiger partial charge >= 0.3 is 11.9 Å². The molecule has 316 valence electrons. The number of aliphatic hydroxyl groups excluding tert-OH is 1. The van der Waals surface area contributed by atoms with Gasteiger partial charge in [0.1, 0.15) is 6.10 Å². The lowest BCUT2D eigenvalue weighted by Crippen LogP contribution is -2.66. The van der Waals surface area contributed by atoms with E-state index in [9.17, 15) is 29.4 Å². The van der Waals surface area contributed by atoms with Crippen molar-refractivity contribution in [3.63, 3.8) is 0 Å². The number of hydrogen-bond donors (Lipinski definition) is 2. The summed E-state index contributed by atoms with van der Waals surface area (Å²) in [5.74, 6) is -0.384. The number of amides is 1. The van der Waals surface area contributed by atoms with Crippen molar-refractivity contribution < 1.29 is 34.1 Å². The molecule has 10 heteroatoms. The van der Waals surface area contributed by atoms with Crippen LogP contribution in [0.2, 0.25) is 0 Å². The highest BCUT2D eigenvalue weighted by atomic mass is 16.5. The van der Waals surface area contributed by atoms with Crippen LogP contribution >= 0.6 is 0 Å². The van der Waals surface area contributed by atoms with E-state index < -0.39 is 28.9 Å². The topological polar surface area (TPSA) is 137 Å². The highest BCUT2D eigenvalue weighted by molar-refractivity contribution is 6.00. The van der Waals surface area contributed by atoms with Crippen molar-refractivity contribution in [2.75, 3.05) is 27.2 Å². The Balaban J connectivity index is 1.30. The van der Waals surface area contributed by atoms with Crippen LogP contribution in [0.3, 0.4) is 0 Å². The molecule has 1 aromatic rings. The van der Waals surface area contributed by atoms with E-state index in [1.54, 1.807) is 31.1 Å². The van der Waals surface area contributed by atoms with Gasteiger partial charge in [0.2, 0.25) is 5.91 Å². The van der Waals surface area contributed by atoms with Crippen molar-refractivity contribution in [2.24, 2.45) is 56.2 Å². The Morgan fingerprint density at radius 1 is 0.930 bits per heavy atom. The van der Waals surface area contributed by atoms with Crippen LogP contribution in [0.15, 0.2) is 35.7 Å². The highest BCUT2D eigenvalue weighted by Crippen LogP contribution is 2.77. The number of hydrogen-bond acceptors (Lipinski definition) is 8. The Morgan fingerprint density at radius 3 is 2.21 bits per heavy atom. The van der Waals surface area contributed by atoms with Gasteiger partial charge in [0.15, 0.2) is 5.78 Å². The van der Waals surface area contributed by atoms with E-state index in [1.165, 1.54) is 5.57 Å². The van der Waals surface area contributed by atoms with Gasteiger partial charge in [-0.1, -0.05) is 54.0 Å². The summed E-state index contributed by atoms with van der Waals surface area (Å²) >= 11 is 0. The van der Waals surface area contributed by atoms with Gasteiger partial charge in [0, 0.05) is 42.7 Å². The van der Waals surface area contributed by atoms with Gasteiger partial charge < -0.3 is 24.7 Å². The first kappa shape index (κ1) is 43.5. The summed E-state index contributed by atoms with van der Waals surface area (Å²) in [6, 6.07) is 3.82. The number of nitrogens with zero attached hydrogens (tertiary/aromatic N) is 3. The molecule has 5 aliphatic carbocycles. The molecular weight excluding hydrogens is 719 g/mol. The molecule has 0 spiro atoms. The lowest BCUT2D eigenvalue weighted by atomic mass is 9.33. The first-order chi connectivity index (χ1) is 26.4. The summed E-state index contributed by atoms with van der Waals surface area (Å²) in [6.07, 6.45) is 9.78. The lowest BCUT2D eigenvalue weighted by molar-refractivity contribution is -0.235. The average Bonchev–Trinajstić information content (AvgIpc) is 3.42. The molecule has 1 amide bonds. The molecule has 0 bridgehead atoms. The zero-order valence-electron chi connectivity index (χ0n) is 36.7. The van der Waals surface area contributed by atoms with E-state index in [0.717, 1.165) is 56.1 Å². The summed E-state index contributed by atoms with van der Waals surface area (Å²) in [6.45, 7) is 20.2. The van der Waals surface area contributed by atoms with Crippen LogP contribution in [0, 0.1) is 56.2 Å². The molecule has 0 saturated heterocycles. The quantitative estimate of drug-likeness (QED) is 0.204. The molecule has 0 aliphatic heterocycles. The van der Waals surface area contributed by atoms with Gasteiger partial charge in [-0.2, -0.15) is 0 Å². The SMILES string of the molecule is CC(C)C1=C2[C@H]3CC[C@@H]4[C@@]5(C)CC[C@H](OC(=O)CC(C)(C)C(=O)O)C(C)(C)[C@@H]5CC[C@@]4(C)[C@]3(C)CC[C@@]2(C(O)CN(Cc2ccncc2)C(=O)CN(C)C)CC1=O. The largest absolute Gasteiger partial charge is 0.481 e. The third kappa shape index (κ3) is 7.20. The van der Waals surface area contributed by atoms with E-state index in [0.29, 0.717) is 31.2 Å². The molecule has 1 heterocycles. The van der Waals surface area contributed by atoms with Gasteiger partial charge in [-0.05, 0) is 142 Å². The fraction of sp³-hybridized carbons (Fsp3) is 0.766. The van der Waals surface area contributed by atoms with Crippen molar-refractivity contribution in [1.82, 2.24) is 14.8 Å². The van der Waals surface area contributed by atoms with Crippen LogP contribution in [0.25, 0.3) is 0 Å². The Bertz CT molecular complexity index is 1770. The number of pyridine rings is 1. The van der Waals surface area contributed by atoms with E-state index in [4.69, 9.17) is 4.74 Å². The Morgan fingerprint density at radius 2 is 1.60 bits per heavy atom. The fourth-order valence-electron chi connectivity index (χ4n) is 13.6. The van der Waals surface area contributed by atoms with Gasteiger partial charge in [-0.3, -0.25) is 24.2 Å². The number of carbonyl (C=O) groups excluding carboxylic acids is 3. The van der Waals surface area contributed by atoms with Crippen LogP contribution in [0.1, 0.15) is 132 Å². The summed E-state index contributed by atoms with van der Waals surface area (Å²) < 4.78 is 6.18. The molecule has 4 fully saturated rings. The zero-order chi connectivity index (χ0) is 42.1. The maximum absolute atomic E-state index is 14.3. The minimum Gasteiger partial charge on any atom is -0.481 e. The number of fused-ring (bicyclic) bond motifs is 7. The number of ketones is 1. The molecule has 9 atom stereocenters. The average molecular weight is 790 g/mol. The minimum atomic E-state index is -1.18. The number of ether oxygens (including phenoxy) is 1. The van der Waals surface area contributed by atoms with E-state index in [2.05, 4.69) is 53.5 Å². The second kappa shape index (κ2) is 15.2. The number of aliphatic hydroxyl groups is 1. The van der Waals surface area contributed by atoms with Crippen molar-refractivity contribution in [2.45, 2.75) is 145 Å². The molecule has 10 nitrogen and oxygen atoms in total. The predicted molar refractivity (Wildman–Crippen MR) is 220 cm³/mol. The Hall–Kier alpha value is -3.11. The summed E-state index contributed by atoms with van der Waals surface area (Å²) in [5, 5.41) is 22.3. The Kier molecular flexibility index (Phi) is 11.6. The Labute approximate surface area is 341 Å². The van der Waals surface area contributed by atoms with E-state index in [1.807, 2.05) is 31.1 Å². The number of likely N-dealkylation sites (N-methyl/N-ethyl adjacent to an activating group) is 1. The maximum atomic E-state index is 14.3. The molecule has 0 aromatic carbocycles. The number of aliphatic carboxylic acids is 1. The zero-order valence-corrected chi connectivity index (χ0v) is 36.7. The first-order valence-electron chi connectivity index (χ1n) is 21.6. The summed E-state index contributed by atoms with van der Waals surface area (Å²) in [5.41, 5.74) is 0.796. The smallest absolute Gasteiger partial charge is 0.309 e. The van der Waals surface area contributed by atoms with Crippen LogP contribution in [-0.2, 0) is 30.5 Å². The number of carbonyl (C=O) groups is 4.